The first-order chi connectivity index (χ1) is 7.30. The minimum Gasteiger partial charge on any atom is -0.494 e. The van der Waals surface area contributed by atoms with Crippen molar-refractivity contribution in [2.24, 2.45) is 17.4 Å². The van der Waals surface area contributed by atoms with Gasteiger partial charge >= 0.3 is 0 Å². The van der Waals surface area contributed by atoms with E-state index in [9.17, 15) is 0 Å². The van der Waals surface area contributed by atoms with Crippen molar-refractivity contribution in [1.82, 2.24) is 0 Å². The van der Waals surface area contributed by atoms with Gasteiger partial charge in [-0.05, 0) is 50.0 Å². The van der Waals surface area contributed by atoms with E-state index in [1.54, 1.807) is 0 Å². The molecule has 3 heteroatoms. The summed E-state index contributed by atoms with van der Waals surface area (Å²) in [6.45, 7) is 3.97. The molecule has 3 nitrogen and oxygen atoms in total. The normalized spacial score (nSPS) is 10.7. The lowest BCUT2D eigenvalue weighted by molar-refractivity contribution is 0.340. The standard InChI is InChI=1S/C12H20N2O/c1-2-15-12-5-3-10(4-6-12)7-11(8-13)9-14/h3-6,11H,2,7-9,13-14H2,1H3. The lowest BCUT2D eigenvalue weighted by Gasteiger charge is -2.12. The molecule has 0 fully saturated rings. The Hall–Kier alpha value is -1.06. The Labute approximate surface area is 91.4 Å². The number of hydrogen-bond acceptors (Lipinski definition) is 3. The van der Waals surface area contributed by atoms with Gasteiger partial charge < -0.3 is 16.2 Å². The van der Waals surface area contributed by atoms with Gasteiger partial charge in [0.05, 0.1) is 6.61 Å². The zero-order valence-corrected chi connectivity index (χ0v) is 9.28. The van der Waals surface area contributed by atoms with Crippen molar-refractivity contribution >= 4 is 0 Å². The molecule has 0 bridgehead atoms. The third-order valence-corrected chi connectivity index (χ3v) is 2.43. The second kappa shape index (κ2) is 6.43. The fraction of sp³-hybridized carbons (Fsp3) is 0.500. The maximum atomic E-state index is 5.60. The predicted molar refractivity (Wildman–Crippen MR) is 62.9 cm³/mol. The minimum absolute atomic E-state index is 0.378. The maximum Gasteiger partial charge on any atom is 0.119 e. The van der Waals surface area contributed by atoms with E-state index in [-0.39, 0.29) is 0 Å². The number of ether oxygens (including phenoxy) is 1. The van der Waals surface area contributed by atoms with Gasteiger partial charge in [0, 0.05) is 0 Å². The molecule has 1 aromatic carbocycles. The number of hydrogen-bond donors (Lipinski definition) is 2. The molecule has 0 amide bonds. The van der Waals surface area contributed by atoms with E-state index < -0.39 is 0 Å². The Kier molecular flexibility index (Phi) is 5.15. The molecule has 0 spiro atoms. The highest BCUT2D eigenvalue weighted by atomic mass is 16.5. The fourth-order valence-electron chi connectivity index (χ4n) is 1.48. The Morgan fingerprint density at radius 1 is 1.13 bits per heavy atom. The molecule has 0 aliphatic heterocycles. The molecular weight excluding hydrogens is 188 g/mol. The van der Waals surface area contributed by atoms with Crippen LogP contribution in [0.25, 0.3) is 0 Å². The summed E-state index contributed by atoms with van der Waals surface area (Å²) in [6.07, 6.45) is 0.944. The summed E-state index contributed by atoms with van der Waals surface area (Å²) in [4.78, 5) is 0. The second-order valence-corrected chi connectivity index (χ2v) is 3.62. The highest BCUT2D eigenvalue weighted by molar-refractivity contribution is 5.27. The molecule has 0 heterocycles. The molecule has 1 rings (SSSR count). The average molecular weight is 208 g/mol. The van der Waals surface area contributed by atoms with Crippen LogP contribution in [0.15, 0.2) is 24.3 Å². The second-order valence-electron chi connectivity index (χ2n) is 3.62. The lowest BCUT2D eigenvalue weighted by Crippen LogP contribution is -2.25. The minimum atomic E-state index is 0.378. The molecule has 0 atom stereocenters. The Morgan fingerprint density at radius 3 is 2.20 bits per heavy atom. The van der Waals surface area contributed by atoms with E-state index in [4.69, 9.17) is 16.2 Å². The number of rotatable bonds is 6. The van der Waals surface area contributed by atoms with Crippen molar-refractivity contribution in [2.75, 3.05) is 19.7 Å². The van der Waals surface area contributed by atoms with Crippen LogP contribution in [0.2, 0.25) is 0 Å². The summed E-state index contributed by atoms with van der Waals surface area (Å²) in [6, 6.07) is 8.12. The fourth-order valence-corrected chi connectivity index (χ4v) is 1.48. The first-order valence-corrected chi connectivity index (χ1v) is 5.42. The molecule has 0 unspecified atom stereocenters. The Balaban J connectivity index is 2.55. The first-order valence-electron chi connectivity index (χ1n) is 5.42. The van der Waals surface area contributed by atoms with Crippen molar-refractivity contribution < 1.29 is 4.74 Å². The summed E-state index contributed by atoms with van der Waals surface area (Å²) in [5.74, 6) is 1.29. The summed E-state index contributed by atoms with van der Waals surface area (Å²) in [5, 5.41) is 0. The van der Waals surface area contributed by atoms with Crippen molar-refractivity contribution in [1.29, 1.82) is 0 Å². The number of benzene rings is 1. The van der Waals surface area contributed by atoms with Gasteiger partial charge in [0.1, 0.15) is 5.75 Å². The predicted octanol–water partition coefficient (Wildman–Crippen LogP) is 1.16. The van der Waals surface area contributed by atoms with E-state index in [2.05, 4.69) is 12.1 Å². The molecule has 0 aliphatic rings. The molecule has 0 saturated carbocycles. The van der Waals surface area contributed by atoms with Gasteiger partial charge in [-0.1, -0.05) is 12.1 Å². The number of nitrogens with two attached hydrogens (primary N) is 2. The van der Waals surface area contributed by atoms with Gasteiger partial charge in [-0.25, -0.2) is 0 Å². The van der Waals surface area contributed by atoms with Crippen molar-refractivity contribution in [3.05, 3.63) is 29.8 Å². The third kappa shape index (κ3) is 3.90. The van der Waals surface area contributed by atoms with Crippen LogP contribution in [0.5, 0.6) is 5.75 Å². The average Bonchev–Trinajstić information content (AvgIpc) is 2.28. The van der Waals surface area contributed by atoms with Gasteiger partial charge in [-0.3, -0.25) is 0 Å². The van der Waals surface area contributed by atoms with Crippen LogP contribution in [0.4, 0.5) is 0 Å². The Bertz CT molecular complexity index is 267. The highest BCUT2D eigenvalue weighted by Gasteiger charge is 2.05. The van der Waals surface area contributed by atoms with Crippen molar-refractivity contribution in [3.8, 4) is 5.75 Å². The molecule has 84 valence electrons. The smallest absolute Gasteiger partial charge is 0.119 e. The first kappa shape index (κ1) is 12.0. The molecule has 15 heavy (non-hydrogen) atoms. The van der Waals surface area contributed by atoms with E-state index >= 15 is 0 Å². The SMILES string of the molecule is CCOc1ccc(CC(CN)CN)cc1. The quantitative estimate of drug-likeness (QED) is 0.737. The van der Waals surface area contributed by atoms with Crippen molar-refractivity contribution in [3.63, 3.8) is 0 Å². The molecule has 0 aliphatic carbocycles. The zero-order chi connectivity index (χ0) is 11.1. The van der Waals surface area contributed by atoms with Crippen LogP contribution in [0.3, 0.4) is 0 Å². The van der Waals surface area contributed by atoms with E-state index in [1.807, 2.05) is 19.1 Å². The molecule has 0 radical (unpaired) electrons. The van der Waals surface area contributed by atoms with Crippen LogP contribution in [0.1, 0.15) is 12.5 Å². The molecule has 1 aromatic rings. The zero-order valence-electron chi connectivity index (χ0n) is 9.28. The summed E-state index contributed by atoms with van der Waals surface area (Å²) >= 11 is 0. The molecule has 4 N–H and O–H groups in total. The van der Waals surface area contributed by atoms with E-state index in [0.29, 0.717) is 25.6 Å². The topological polar surface area (TPSA) is 61.3 Å². The van der Waals surface area contributed by atoms with Crippen molar-refractivity contribution in [2.45, 2.75) is 13.3 Å². The maximum absolute atomic E-state index is 5.60. The van der Waals surface area contributed by atoms with Gasteiger partial charge in [0.15, 0.2) is 0 Å². The summed E-state index contributed by atoms with van der Waals surface area (Å²) in [7, 11) is 0. The van der Waals surface area contributed by atoms with Gasteiger partial charge in [-0.2, -0.15) is 0 Å². The van der Waals surface area contributed by atoms with Gasteiger partial charge in [0.25, 0.3) is 0 Å². The largest absolute Gasteiger partial charge is 0.494 e. The van der Waals surface area contributed by atoms with Crippen LogP contribution in [-0.2, 0) is 6.42 Å². The molecule has 0 saturated heterocycles. The van der Waals surface area contributed by atoms with Crippen LogP contribution >= 0.6 is 0 Å². The summed E-state index contributed by atoms with van der Waals surface area (Å²) < 4.78 is 5.37. The lowest BCUT2D eigenvalue weighted by atomic mass is 10.00. The third-order valence-electron chi connectivity index (χ3n) is 2.43. The van der Waals surface area contributed by atoms with Gasteiger partial charge in [0.2, 0.25) is 0 Å². The highest BCUT2D eigenvalue weighted by Crippen LogP contribution is 2.14. The molecule has 0 aromatic heterocycles. The molecular formula is C12H20N2O. The van der Waals surface area contributed by atoms with Crippen LogP contribution in [-0.4, -0.2) is 19.7 Å². The van der Waals surface area contributed by atoms with E-state index in [0.717, 1.165) is 12.2 Å². The van der Waals surface area contributed by atoms with E-state index in [1.165, 1.54) is 5.56 Å². The summed E-state index contributed by atoms with van der Waals surface area (Å²) in [5.41, 5.74) is 12.5. The monoisotopic (exact) mass is 208 g/mol. The van der Waals surface area contributed by atoms with Gasteiger partial charge in [-0.15, -0.1) is 0 Å². The Morgan fingerprint density at radius 2 is 1.73 bits per heavy atom. The van der Waals surface area contributed by atoms with Crippen LogP contribution in [0, 0.1) is 5.92 Å². The van der Waals surface area contributed by atoms with Crippen LogP contribution < -0.4 is 16.2 Å².